The number of alkyl halides is 1. The normalized spacial score (nSPS) is 15.1. The van der Waals surface area contributed by atoms with E-state index < -0.39 is 42.8 Å². The van der Waals surface area contributed by atoms with Crippen molar-refractivity contribution in [3.05, 3.63) is 94.5 Å². The Kier molecular flexibility index (Phi) is 6.66. The van der Waals surface area contributed by atoms with Gasteiger partial charge in [-0.1, -0.05) is 65.3 Å². The summed E-state index contributed by atoms with van der Waals surface area (Å²) in [6.45, 7) is -0.441. The lowest BCUT2D eigenvalue weighted by molar-refractivity contribution is -0.151. The van der Waals surface area contributed by atoms with E-state index in [9.17, 15) is 24.7 Å². The van der Waals surface area contributed by atoms with Crippen LogP contribution in [0.4, 0.5) is 4.39 Å². The maximum Gasteiger partial charge on any atom is 0.341 e. The van der Waals surface area contributed by atoms with Gasteiger partial charge in [0.25, 0.3) is 11.8 Å². The number of oxime groups is 1. The molecule has 0 spiro atoms. The molecule has 178 valence electrons. The molecule has 1 unspecified atom stereocenters. The molecule has 3 aromatic carbocycles. The molecule has 7 nitrogen and oxygen atoms in total. The van der Waals surface area contributed by atoms with Crippen molar-refractivity contribution in [3.63, 3.8) is 0 Å². The second-order valence-corrected chi connectivity index (χ2v) is 8.57. The first-order chi connectivity index (χ1) is 16.7. The predicted octanol–water partition coefficient (Wildman–Crippen LogP) is 5.05. The van der Waals surface area contributed by atoms with Gasteiger partial charge in [-0.15, -0.1) is 0 Å². The van der Waals surface area contributed by atoms with Crippen molar-refractivity contribution in [2.24, 2.45) is 5.16 Å². The highest BCUT2D eigenvalue weighted by Gasteiger charge is 2.43. The number of carbonyl (C=O) groups excluding carboxylic acids is 2. The van der Waals surface area contributed by atoms with E-state index in [-0.39, 0.29) is 16.8 Å². The van der Waals surface area contributed by atoms with Crippen LogP contribution in [0, 0.1) is 0 Å². The number of carboxylic acid groups (broad SMARTS) is 1. The van der Waals surface area contributed by atoms with Crippen LogP contribution in [0.15, 0.2) is 78.0 Å². The Hall–Kier alpha value is -4.04. The minimum atomic E-state index is -2.88. The number of amides is 2. The highest BCUT2D eigenvalue weighted by Crippen LogP contribution is 2.29. The second kappa shape index (κ2) is 9.68. The van der Waals surface area contributed by atoms with E-state index in [0.29, 0.717) is 10.6 Å². The third-order valence-corrected chi connectivity index (χ3v) is 6.21. The first-order valence-corrected chi connectivity index (χ1v) is 11.1. The van der Waals surface area contributed by atoms with Crippen LogP contribution < -0.4 is 0 Å². The lowest BCUT2D eigenvalue weighted by Crippen LogP contribution is -2.41. The van der Waals surface area contributed by atoms with E-state index in [2.05, 4.69) is 5.16 Å². The Bertz CT molecular complexity index is 1290. The van der Waals surface area contributed by atoms with Gasteiger partial charge in [-0.3, -0.25) is 14.5 Å². The first kappa shape index (κ1) is 24.1. The number of benzene rings is 3. The van der Waals surface area contributed by atoms with Crippen molar-refractivity contribution < 1.29 is 29.1 Å². The number of halogens is 2. The van der Waals surface area contributed by atoms with Gasteiger partial charge in [-0.05, 0) is 41.0 Å². The molecule has 0 saturated carbocycles. The smallest absolute Gasteiger partial charge is 0.341 e. The van der Waals surface area contributed by atoms with Gasteiger partial charge < -0.3 is 10.3 Å². The number of nitrogens with zero attached hydrogens (tertiary/aromatic N) is 2. The molecule has 0 aromatic heterocycles. The molecular formula is C26H20ClFN2O5. The Balaban J connectivity index is 1.49. The van der Waals surface area contributed by atoms with E-state index in [4.69, 9.17) is 11.6 Å². The van der Waals surface area contributed by atoms with Crippen LogP contribution in [0.3, 0.4) is 0 Å². The summed E-state index contributed by atoms with van der Waals surface area (Å²) in [6, 6.07) is 19.9. The monoisotopic (exact) mass is 494 g/mol. The van der Waals surface area contributed by atoms with Crippen molar-refractivity contribution in [2.75, 3.05) is 6.54 Å². The molecule has 0 saturated heterocycles. The van der Waals surface area contributed by atoms with Crippen molar-refractivity contribution in [1.29, 1.82) is 0 Å². The van der Waals surface area contributed by atoms with Gasteiger partial charge in [0.2, 0.25) is 5.67 Å². The number of fused-ring (bicyclic) bond motifs is 1. The van der Waals surface area contributed by atoms with Gasteiger partial charge in [-0.2, -0.15) is 0 Å². The van der Waals surface area contributed by atoms with Gasteiger partial charge in [0.05, 0.1) is 16.8 Å². The molecule has 35 heavy (non-hydrogen) atoms. The summed E-state index contributed by atoms with van der Waals surface area (Å²) in [5.41, 5.74) is -0.639. The van der Waals surface area contributed by atoms with Crippen molar-refractivity contribution in [3.8, 4) is 11.1 Å². The molecule has 3 aromatic rings. The average Bonchev–Trinajstić information content (AvgIpc) is 3.11. The quantitative estimate of drug-likeness (QED) is 0.197. The van der Waals surface area contributed by atoms with Crippen molar-refractivity contribution >= 4 is 35.1 Å². The summed E-state index contributed by atoms with van der Waals surface area (Å²) in [4.78, 5) is 37.7. The minimum Gasteiger partial charge on any atom is -0.479 e. The zero-order chi connectivity index (χ0) is 25.2. The maximum atomic E-state index is 15.6. The summed E-state index contributed by atoms with van der Waals surface area (Å²) in [7, 11) is 0. The summed E-state index contributed by atoms with van der Waals surface area (Å²) >= 11 is 5.91. The number of hydrogen-bond acceptors (Lipinski definition) is 5. The molecule has 1 atom stereocenters. The molecule has 0 bridgehead atoms. The fourth-order valence-electron chi connectivity index (χ4n) is 3.96. The van der Waals surface area contributed by atoms with Crippen LogP contribution in [-0.4, -0.2) is 50.9 Å². The van der Waals surface area contributed by atoms with Gasteiger partial charge >= 0.3 is 5.97 Å². The van der Waals surface area contributed by atoms with E-state index in [0.717, 1.165) is 16.0 Å². The van der Waals surface area contributed by atoms with Crippen LogP contribution in [-0.2, 0) is 4.79 Å². The molecule has 9 heteroatoms. The number of carbonyl (C=O) groups is 3. The van der Waals surface area contributed by atoms with Crippen molar-refractivity contribution in [2.45, 2.75) is 18.5 Å². The van der Waals surface area contributed by atoms with E-state index >= 15 is 4.39 Å². The minimum absolute atomic E-state index is 0.181. The summed E-state index contributed by atoms with van der Waals surface area (Å²) in [5, 5.41) is 22.8. The second-order valence-electron chi connectivity index (χ2n) is 8.14. The highest BCUT2D eigenvalue weighted by atomic mass is 35.5. The van der Waals surface area contributed by atoms with Gasteiger partial charge in [-0.25, -0.2) is 9.18 Å². The molecule has 1 aliphatic heterocycles. The number of carboxylic acids is 1. The van der Waals surface area contributed by atoms with E-state index in [1.165, 1.54) is 12.1 Å². The first-order valence-electron chi connectivity index (χ1n) is 10.7. The fraction of sp³-hybridized carbons (Fsp3) is 0.154. The van der Waals surface area contributed by atoms with E-state index in [1.54, 1.807) is 48.5 Å². The Labute approximate surface area is 205 Å². The maximum absolute atomic E-state index is 15.6. The number of aliphatic carboxylic acids is 1. The zero-order valence-electron chi connectivity index (χ0n) is 18.3. The number of rotatable bonds is 8. The van der Waals surface area contributed by atoms with E-state index in [1.807, 2.05) is 12.1 Å². The Morgan fingerprint density at radius 2 is 1.43 bits per heavy atom. The molecule has 0 fully saturated rings. The lowest BCUT2D eigenvalue weighted by Gasteiger charge is -2.23. The molecule has 0 radical (unpaired) electrons. The number of imide groups is 1. The lowest BCUT2D eigenvalue weighted by atomic mass is 9.91. The summed E-state index contributed by atoms with van der Waals surface area (Å²) < 4.78 is 15.6. The molecule has 4 rings (SSSR count). The SMILES string of the molecule is O=C1c2ccccc2C(=O)N1CCC(F)(C/C(=N\O)c1ccc(-c2ccc(Cl)cc2)cc1)C(=O)O. The Morgan fingerprint density at radius 3 is 1.91 bits per heavy atom. The van der Waals surface area contributed by atoms with Gasteiger partial charge in [0.15, 0.2) is 0 Å². The third kappa shape index (κ3) is 4.79. The standard InChI is InChI=1S/C26H20ClFN2O5/c27-19-11-9-17(10-12-19)16-5-7-18(8-6-16)22(29-35)15-26(28,25(33)34)13-14-30-23(31)20-3-1-2-4-21(20)24(30)32/h1-12,35H,13-15H2,(H,33,34)/b29-22+. The Morgan fingerprint density at radius 1 is 0.914 bits per heavy atom. The molecule has 2 amide bonds. The average molecular weight is 495 g/mol. The van der Waals surface area contributed by atoms with Crippen molar-refractivity contribution in [1.82, 2.24) is 4.90 Å². The van der Waals surface area contributed by atoms with Gasteiger partial charge in [0.1, 0.15) is 0 Å². The molecule has 0 aliphatic carbocycles. The van der Waals surface area contributed by atoms with Crippen LogP contribution in [0.5, 0.6) is 0 Å². The number of hydrogen-bond donors (Lipinski definition) is 2. The highest BCUT2D eigenvalue weighted by molar-refractivity contribution is 6.30. The van der Waals surface area contributed by atoms with Crippen LogP contribution in [0.25, 0.3) is 11.1 Å². The molecule has 2 N–H and O–H groups in total. The topological polar surface area (TPSA) is 107 Å². The largest absolute Gasteiger partial charge is 0.479 e. The molecule has 1 heterocycles. The van der Waals surface area contributed by atoms with Crippen LogP contribution in [0.1, 0.15) is 39.1 Å². The molecular weight excluding hydrogens is 475 g/mol. The summed E-state index contributed by atoms with van der Waals surface area (Å²) in [5.74, 6) is -2.99. The predicted molar refractivity (Wildman–Crippen MR) is 128 cm³/mol. The van der Waals surface area contributed by atoms with Gasteiger partial charge in [0, 0.05) is 24.4 Å². The molecule has 1 aliphatic rings. The summed E-state index contributed by atoms with van der Waals surface area (Å²) in [6.07, 6.45) is -1.43. The van der Waals surface area contributed by atoms with Crippen LogP contribution >= 0.6 is 11.6 Å². The fourth-order valence-corrected chi connectivity index (χ4v) is 4.09. The third-order valence-electron chi connectivity index (χ3n) is 5.96. The zero-order valence-corrected chi connectivity index (χ0v) is 19.1. The van der Waals surface area contributed by atoms with Crippen LogP contribution in [0.2, 0.25) is 5.02 Å².